The number of rotatable bonds is 3. The first-order valence-electron chi connectivity index (χ1n) is 6.67. The number of thioether (sulfide) groups is 1. The van der Waals surface area contributed by atoms with Crippen LogP contribution in [0.2, 0.25) is 5.02 Å². The minimum atomic E-state index is -1.39. The highest BCUT2D eigenvalue weighted by atomic mass is 35.5. The van der Waals surface area contributed by atoms with Crippen LogP contribution >= 0.6 is 23.4 Å². The first kappa shape index (κ1) is 15.9. The van der Waals surface area contributed by atoms with Gasteiger partial charge in [0.15, 0.2) is 5.69 Å². The van der Waals surface area contributed by atoms with Gasteiger partial charge in [-0.15, -0.1) is 11.8 Å². The highest BCUT2D eigenvalue weighted by Crippen LogP contribution is 2.39. The Morgan fingerprint density at radius 2 is 2.22 bits per heavy atom. The van der Waals surface area contributed by atoms with Crippen LogP contribution < -0.4 is 10.4 Å². The number of amides is 2. The van der Waals surface area contributed by atoms with Gasteiger partial charge in [-0.3, -0.25) is 19.2 Å². The zero-order valence-corrected chi connectivity index (χ0v) is 13.8. The highest BCUT2D eigenvalue weighted by molar-refractivity contribution is 8.00. The second-order valence-electron chi connectivity index (χ2n) is 5.28. The zero-order chi connectivity index (χ0) is 16.9. The van der Waals surface area contributed by atoms with E-state index in [2.05, 4.69) is 10.4 Å². The number of carbonyl (C=O) groups is 3. The van der Waals surface area contributed by atoms with E-state index in [9.17, 15) is 19.5 Å². The van der Waals surface area contributed by atoms with Gasteiger partial charge in [0.05, 0.1) is 16.7 Å². The van der Waals surface area contributed by atoms with Gasteiger partial charge in [0.2, 0.25) is 0 Å². The van der Waals surface area contributed by atoms with Crippen LogP contribution in [-0.4, -0.2) is 49.6 Å². The van der Waals surface area contributed by atoms with E-state index in [-0.39, 0.29) is 16.4 Å². The number of carboxylic acids is 1. The van der Waals surface area contributed by atoms with Gasteiger partial charge in [0, 0.05) is 19.0 Å². The second kappa shape index (κ2) is 5.57. The van der Waals surface area contributed by atoms with E-state index in [1.54, 1.807) is 14.0 Å². The molecule has 0 radical (unpaired) electrons. The van der Waals surface area contributed by atoms with E-state index in [1.807, 2.05) is 0 Å². The Hall–Kier alpha value is -2.00. The van der Waals surface area contributed by atoms with Crippen LogP contribution in [0.4, 0.5) is 0 Å². The third-order valence-corrected chi connectivity index (χ3v) is 5.34. The molecule has 3 rings (SSSR count). The Bertz CT molecular complexity index is 759. The molecule has 10 heteroatoms. The predicted octanol–water partition coefficient (Wildman–Crippen LogP) is -0.889. The maximum Gasteiger partial charge on any atom is 0.274 e. The van der Waals surface area contributed by atoms with Crippen LogP contribution in [0.25, 0.3) is 0 Å². The second-order valence-corrected chi connectivity index (χ2v) is 6.79. The number of carboxylic acid groups (broad SMARTS) is 1. The van der Waals surface area contributed by atoms with Crippen LogP contribution in [0.5, 0.6) is 0 Å². The number of fused-ring (bicyclic) bond motifs is 1. The number of aromatic nitrogens is 2. The summed E-state index contributed by atoms with van der Waals surface area (Å²) in [4.78, 5) is 36.8. The average molecular weight is 356 g/mol. The Morgan fingerprint density at radius 3 is 2.78 bits per heavy atom. The fourth-order valence-electron chi connectivity index (χ4n) is 2.59. The Morgan fingerprint density at radius 1 is 1.52 bits per heavy atom. The average Bonchev–Trinajstić information content (AvgIpc) is 2.82. The van der Waals surface area contributed by atoms with Crippen molar-refractivity contribution in [1.29, 1.82) is 0 Å². The Kier molecular flexibility index (Phi) is 3.85. The van der Waals surface area contributed by atoms with Crippen molar-refractivity contribution in [3.63, 3.8) is 0 Å². The van der Waals surface area contributed by atoms with Crippen LogP contribution in [0, 0.1) is 0 Å². The minimum absolute atomic E-state index is 0.0214. The number of hydrogen-bond donors (Lipinski definition) is 1. The van der Waals surface area contributed by atoms with Crippen molar-refractivity contribution in [3.05, 3.63) is 28.2 Å². The van der Waals surface area contributed by atoms with E-state index in [4.69, 9.17) is 11.6 Å². The van der Waals surface area contributed by atoms with Crippen molar-refractivity contribution in [2.45, 2.75) is 18.3 Å². The van der Waals surface area contributed by atoms with E-state index < -0.39 is 29.2 Å². The third-order valence-electron chi connectivity index (χ3n) is 3.64. The van der Waals surface area contributed by atoms with Crippen LogP contribution in [0.3, 0.4) is 0 Å². The van der Waals surface area contributed by atoms with Gasteiger partial charge < -0.3 is 15.2 Å². The molecule has 23 heavy (non-hydrogen) atoms. The van der Waals surface area contributed by atoms with Gasteiger partial charge >= 0.3 is 0 Å². The summed E-state index contributed by atoms with van der Waals surface area (Å²) in [7, 11) is 1.62. The number of nitrogens with one attached hydrogen (secondary N) is 1. The molecule has 2 amide bonds. The summed E-state index contributed by atoms with van der Waals surface area (Å²) in [5, 5.41) is 17.4. The maximum absolute atomic E-state index is 12.2. The first-order chi connectivity index (χ1) is 10.8. The first-order valence-corrected chi connectivity index (χ1v) is 8.09. The molecule has 2 aliphatic heterocycles. The molecule has 0 unspecified atom stereocenters. The molecular formula is C13H12ClN4O4S-. The number of carbonyl (C=O) groups excluding carboxylic acids is 3. The summed E-state index contributed by atoms with van der Waals surface area (Å²) in [6.07, 6.45) is 1.47. The van der Waals surface area contributed by atoms with Crippen molar-refractivity contribution in [3.8, 4) is 0 Å². The molecule has 1 aromatic rings. The molecule has 1 aromatic heterocycles. The Labute approximate surface area is 140 Å². The highest BCUT2D eigenvalue weighted by Gasteiger charge is 2.52. The molecule has 3 heterocycles. The fourth-order valence-corrected chi connectivity index (χ4v) is 4.14. The lowest BCUT2D eigenvalue weighted by Crippen LogP contribution is -2.71. The summed E-state index contributed by atoms with van der Waals surface area (Å²) >= 11 is 7.29. The normalized spacial score (nSPS) is 23.4. The maximum atomic E-state index is 12.2. The molecule has 0 saturated carbocycles. The number of halogens is 1. The molecule has 1 N–H and O–H groups in total. The number of aryl methyl sites for hydroxylation is 1. The van der Waals surface area contributed by atoms with Crippen molar-refractivity contribution in [2.24, 2.45) is 7.05 Å². The van der Waals surface area contributed by atoms with Crippen molar-refractivity contribution in [1.82, 2.24) is 20.0 Å². The van der Waals surface area contributed by atoms with E-state index >= 15 is 0 Å². The number of aliphatic carboxylic acids is 1. The minimum Gasteiger partial charge on any atom is -0.543 e. The number of hydrogen-bond acceptors (Lipinski definition) is 6. The van der Waals surface area contributed by atoms with E-state index in [0.29, 0.717) is 11.3 Å². The monoisotopic (exact) mass is 355 g/mol. The van der Waals surface area contributed by atoms with Crippen LogP contribution in [0.15, 0.2) is 17.5 Å². The van der Waals surface area contributed by atoms with E-state index in [0.717, 1.165) is 4.90 Å². The van der Waals surface area contributed by atoms with Crippen LogP contribution in [-0.2, 0) is 16.6 Å². The quantitative estimate of drug-likeness (QED) is 0.705. The summed E-state index contributed by atoms with van der Waals surface area (Å²) < 4.78 is 1.39. The smallest absolute Gasteiger partial charge is 0.274 e. The van der Waals surface area contributed by atoms with Crippen molar-refractivity contribution < 1.29 is 19.5 Å². The van der Waals surface area contributed by atoms with E-state index in [1.165, 1.54) is 22.6 Å². The summed E-state index contributed by atoms with van der Waals surface area (Å²) in [6.45, 7) is 1.64. The molecule has 122 valence electrons. The van der Waals surface area contributed by atoms with Crippen molar-refractivity contribution >= 4 is 41.1 Å². The molecule has 2 atom stereocenters. The number of β-lactam (4-membered cyclic amide) rings is 1. The third kappa shape index (κ3) is 2.49. The number of nitrogens with zero attached hydrogens (tertiary/aromatic N) is 3. The summed E-state index contributed by atoms with van der Waals surface area (Å²) in [5.74, 6) is -2.00. The molecule has 0 aliphatic carbocycles. The fraction of sp³-hybridized carbons (Fsp3) is 0.385. The summed E-state index contributed by atoms with van der Waals surface area (Å²) in [5.41, 5.74) is 0.477. The lowest BCUT2D eigenvalue weighted by molar-refractivity contribution is -0.301. The molecule has 8 nitrogen and oxygen atoms in total. The molecule has 2 aliphatic rings. The molecule has 0 aromatic carbocycles. The largest absolute Gasteiger partial charge is 0.543 e. The van der Waals surface area contributed by atoms with Gasteiger partial charge in [-0.05, 0) is 12.5 Å². The molecular weight excluding hydrogens is 344 g/mol. The summed E-state index contributed by atoms with van der Waals surface area (Å²) in [6, 6.07) is -0.812. The topological polar surface area (TPSA) is 107 Å². The standard InChI is InChI=1S/C13H13ClN4O4S/c1-5-4-23-12-8(11(20)18(12)9(5)13(21)22)15-10(19)7-6(14)3-17(2)16-7/h3,8,12H,4H2,1-2H3,(H,15,19)(H,21,22)/p-1/t8-,12-/m0/s1. The van der Waals surface area contributed by atoms with Crippen LogP contribution in [0.1, 0.15) is 17.4 Å². The Balaban J connectivity index is 1.78. The van der Waals surface area contributed by atoms with Gasteiger partial charge in [-0.2, -0.15) is 5.10 Å². The molecule has 1 fully saturated rings. The van der Waals surface area contributed by atoms with Gasteiger partial charge in [0.1, 0.15) is 11.4 Å². The van der Waals surface area contributed by atoms with Gasteiger partial charge in [0.25, 0.3) is 11.8 Å². The zero-order valence-electron chi connectivity index (χ0n) is 12.2. The molecule has 1 saturated heterocycles. The SMILES string of the molecule is CC1=C(C(=O)[O-])N2C(=O)[C@H](NC(=O)c3nn(C)cc3Cl)[C@@H]2SC1. The molecule has 0 bridgehead atoms. The predicted molar refractivity (Wildman–Crippen MR) is 80.3 cm³/mol. The van der Waals surface area contributed by atoms with Gasteiger partial charge in [-0.25, -0.2) is 0 Å². The molecule has 0 spiro atoms. The lowest BCUT2D eigenvalue weighted by atomic mass is 10.0. The lowest BCUT2D eigenvalue weighted by Gasteiger charge is -2.50. The van der Waals surface area contributed by atoms with Crippen molar-refractivity contribution in [2.75, 3.05) is 5.75 Å². The van der Waals surface area contributed by atoms with Gasteiger partial charge in [-0.1, -0.05) is 11.6 Å².